The average molecular weight is 336 g/mol. The fourth-order valence-electron chi connectivity index (χ4n) is 2.85. The quantitative estimate of drug-likeness (QED) is 0.313. The number of fused-ring (bicyclic) bond motifs is 2. The fraction of sp³-hybridized carbons (Fsp3) is 0. The van der Waals surface area contributed by atoms with Crippen LogP contribution in [0.1, 0.15) is 0 Å². The maximum atomic E-state index is 12.6. The molecule has 0 saturated heterocycles. The van der Waals surface area contributed by atoms with E-state index in [1.807, 2.05) is 0 Å². The molecule has 0 atom stereocenters. The molecular formula is C19H12O6. The van der Waals surface area contributed by atoms with Gasteiger partial charge >= 0.3 is 0 Å². The zero-order chi connectivity index (χ0) is 17.7. The van der Waals surface area contributed by atoms with Crippen LogP contribution in [-0.4, -0.2) is 20.4 Å². The normalized spacial score (nSPS) is 11.2. The van der Waals surface area contributed by atoms with E-state index in [2.05, 4.69) is 0 Å². The molecule has 0 spiro atoms. The first-order valence-corrected chi connectivity index (χ1v) is 7.39. The van der Waals surface area contributed by atoms with Crippen LogP contribution in [0, 0.1) is 0 Å². The van der Waals surface area contributed by atoms with Crippen LogP contribution >= 0.6 is 0 Å². The van der Waals surface area contributed by atoms with Gasteiger partial charge < -0.3 is 24.8 Å². The van der Waals surface area contributed by atoms with Crippen molar-refractivity contribution in [3.8, 4) is 34.1 Å². The van der Waals surface area contributed by atoms with Crippen molar-refractivity contribution in [1.82, 2.24) is 0 Å². The molecular weight excluding hydrogens is 324 g/mol. The minimum atomic E-state index is -0.520. The topological polar surface area (TPSA) is 111 Å². The second-order valence-electron chi connectivity index (χ2n) is 5.65. The number of phenols is 4. The van der Waals surface area contributed by atoms with Gasteiger partial charge in [0.1, 0.15) is 28.1 Å². The predicted molar refractivity (Wildman–Crippen MR) is 92.1 cm³/mol. The first-order chi connectivity index (χ1) is 12.0. The fourth-order valence-corrected chi connectivity index (χ4v) is 2.85. The number of hydrogen-bond acceptors (Lipinski definition) is 6. The number of benzene rings is 3. The van der Waals surface area contributed by atoms with E-state index in [1.54, 1.807) is 18.2 Å². The van der Waals surface area contributed by atoms with Gasteiger partial charge in [-0.25, -0.2) is 0 Å². The lowest BCUT2D eigenvalue weighted by Gasteiger charge is -2.08. The molecule has 0 fully saturated rings. The zero-order valence-corrected chi connectivity index (χ0v) is 12.7. The SMILES string of the molecule is O=c1c2ccc(-c3ccc(O)cc3O)cc2oc2ccc(O)c(O)c12. The summed E-state index contributed by atoms with van der Waals surface area (Å²) in [5.41, 5.74) is 1.00. The molecule has 0 bridgehead atoms. The summed E-state index contributed by atoms with van der Waals surface area (Å²) in [5.74, 6) is -1.09. The van der Waals surface area contributed by atoms with Crippen LogP contribution in [0.25, 0.3) is 33.1 Å². The molecule has 1 heterocycles. The van der Waals surface area contributed by atoms with E-state index in [9.17, 15) is 25.2 Å². The molecule has 1 aromatic heterocycles. The van der Waals surface area contributed by atoms with Gasteiger partial charge in [-0.1, -0.05) is 6.07 Å². The molecule has 0 aliphatic carbocycles. The third kappa shape index (κ3) is 2.23. The van der Waals surface area contributed by atoms with Crippen molar-refractivity contribution in [2.24, 2.45) is 0 Å². The van der Waals surface area contributed by atoms with Crippen LogP contribution in [0.2, 0.25) is 0 Å². The van der Waals surface area contributed by atoms with Crippen LogP contribution in [0.15, 0.2) is 57.7 Å². The Kier molecular flexibility index (Phi) is 3.08. The maximum Gasteiger partial charge on any atom is 0.204 e. The van der Waals surface area contributed by atoms with E-state index in [1.165, 1.54) is 30.3 Å². The molecule has 4 aromatic rings. The monoisotopic (exact) mass is 336 g/mol. The van der Waals surface area contributed by atoms with Gasteiger partial charge in [-0.05, 0) is 42.0 Å². The van der Waals surface area contributed by atoms with Crippen molar-refractivity contribution in [3.05, 3.63) is 58.8 Å². The van der Waals surface area contributed by atoms with Crippen molar-refractivity contribution >= 4 is 21.9 Å². The highest BCUT2D eigenvalue weighted by Gasteiger charge is 2.15. The largest absolute Gasteiger partial charge is 0.508 e. The minimum absolute atomic E-state index is 0.0603. The molecule has 0 unspecified atom stereocenters. The highest BCUT2D eigenvalue weighted by Crippen LogP contribution is 2.36. The van der Waals surface area contributed by atoms with Crippen LogP contribution in [0.5, 0.6) is 23.0 Å². The van der Waals surface area contributed by atoms with Crippen LogP contribution in [-0.2, 0) is 0 Å². The molecule has 0 amide bonds. The van der Waals surface area contributed by atoms with E-state index in [0.29, 0.717) is 11.1 Å². The van der Waals surface area contributed by atoms with Crippen molar-refractivity contribution in [3.63, 3.8) is 0 Å². The Bertz CT molecular complexity index is 1210. The van der Waals surface area contributed by atoms with Gasteiger partial charge in [0.25, 0.3) is 0 Å². The molecule has 6 heteroatoms. The van der Waals surface area contributed by atoms with Gasteiger partial charge in [-0.3, -0.25) is 4.79 Å². The van der Waals surface area contributed by atoms with Crippen LogP contribution in [0.4, 0.5) is 0 Å². The number of aromatic hydroxyl groups is 4. The van der Waals surface area contributed by atoms with Crippen molar-refractivity contribution in [1.29, 1.82) is 0 Å². The van der Waals surface area contributed by atoms with Gasteiger partial charge in [0, 0.05) is 11.6 Å². The highest BCUT2D eigenvalue weighted by atomic mass is 16.3. The van der Waals surface area contributed by atoms with E-state index in [0.717, 1.165) is 0 Å². The summed E-state index contributed by atoms with van der Waals surface area (Å²) in [5, 5.41) is 39.0. The molecule has 25 heavy (non-hydrogen) atoms. The van der Waals surface area contributed by atoms with E-state index in [4.69, 9.17) is 4.42 Å². The van der Waals surface area contributed by atoms with Gasteiger partial charge in [0.05, 0.1) is 5.39 Å². The molecule has 6 nitrogen and oxygen atoms in total. The second-order valence-corrected chi connectivity index (χ2v) is 5.65. The summed E-state index contributed by atoms with van der Waals surface area (Å²) >= 11 is 0. The Morgan fingerprint density at radius 1 is 0.760 bits per heavy atom. The Morgan fingerprint density at radius 3 is 2.32 bits per heavy atom. The summed E-state index contributed by atoms with van der Waals surface area (Å²) in [4.78, 5) is 12.6. The molecule has 124 valence electrons. The lowest BCUT2D eigenvalue weighted by molar-refractivity contribution is 0.407. The molecule has 0 saturated carbocycles. The zero-order valence-electron chi connectivity index (χ0n) is 12.7. The molecule has 3 aromatic carbocycles. The van der Waals surface area contributed by atoms with E-state index < -0.39 is 16.9 Å². The third-order valence-electron chi connectivity index (χ3n) is 4.08. The summed E-state index contributed by atoms with van der Waals surface area (Å²) in [6, 6.07) is 11.6. The van der Waals surface area contributed by atoms with Gasteiger partial charge in [-0.15, -0.1) is 0 Å². The Hall–Kier alpha value is -3.67. The minimum Gasteiger partial charge on any atom is -0.508 e. The standard InChI is InChI=1S/C19H12O6/c20-10-2-4-11(14(22)8-10)9-1-3-12-16(7-9)25-15-6-5-13(21)19(24)17(15)18(12)23/h1-8,20-22,24H. The van der Waals surface area contributed by atoms with Gasteiger partial charge in [0.2, 0.25) is 5.43 Å². The van der Waals surface area contributed by atoms with Crippen molar-refractivity contribution < 1.29 is 24.8 Å². The molecule has 4 N–H and O–H groups in total. The molecule has 4 rings (SSSR count). The second kappa shape index (κ2) is 5.17. The maximum absolute atomic E-state index is 12.6. The lowest BCUT2D eigenvalue weighted by Crippen LogP contribution is -2.02. The first kappa shape index (κ1) is 14.9. The Morgan fingerprint density at radius 2 is 1.56 bits per heavy atom. The summed E-state index contributed by atoms with van der Waals surface area (Å²) in [7, 11) is 0. The summed E-state index contributed by atoms with van der Waals surface area (Å²) < 4.78 is 5.69. The first-order valence-electron chi connectivity index (χ1n) is 7.39. The number of hydrogen-bond donors (Lipinski definition) is 4. The number of phenolic OH excluding ortho intramolecular Hbond substituents is 4. The highest BCUT2D eigenvalue weighted by molar-refractivity contribution is 5.95. The van der Waals surface area contributed by atoms with Crippen molar-refractivity contribution in [2.45, 2.75) is 0 Å². The lowest BCUT2D eigenvalue weighted by atomic mass is 10.0. The van der Waals surface area contributed by atoms with Crippen LogP contribution in [0.3, 0.4) is 0 Å². The van der Waals surface area contributed by atoms with E-state index in [-0.39, 0.29) is 33.4 Å². The number of rotatable bonds is 1. The predicted octanol–water partition coefficient (Wildman–Crippen LogP) is 3.44. The van der Waals surface area contributed by atoms with Gasteiger partial charge in [-0.2, -0.15) is 0 Å². The average Bonchev–Trinajstić information content (AvgIpc) is 2.58. The third-order valence-corrected chi connectivity index (χ3v) is 4.08. The van der Waals surface area contributed by atoms with E-state index >= 15 is 0 Å². The molecule has 0 radical (unpaired) electrons. The smallest absolute Gasteiger partial charge is 0.204 e. The summed E-state index contributed by atoms with van der Waals surface area (Å²) in [6.07, 6.45) is 0. The van der Waals surface area contributed by atoms with Crippen LogP contribution < -0.4 is 5.43 Å². The Labute approximate surface area is 140 Å². The molecule has 0 aliphatic heterocycles. The van der Waals surface area contributed by atoms with Gasteiger partial charge in [0.15, 0.2) is 11.5 Å². The Balaban J connectivity index is 2.02. The summed E-state index contributed by atoms with van der Waals surface area (Å²) in [6.45, 7) is 0. The molecule has 0 aliphatic rings. The van der Waals surface area contributed by atoms with Crippen molar-refractivity contribution in [2.75, 3.05) is 0 Å².